The Hall–Kier alpha value is -1.10. The lowest BCUT2D eigenvalue weighted by Crippen LogP contribution is -2.54. The smallest absolute Gasteiger partial charge is 0.325 e. The molecule has 0 amide bonds. The van der Waals surface area contributed by atoms with Gasteiger partial charge in [-0.2, -0.15) is 0 Å². The Kier molecular flexibility index (Phi) is 3.75. The zero-order valence-electron chi connectivity index (χ0n) is 13.6. The number of aliphatic carboxylic acids is 1. The standard InChI is InChI=1S/C17H26O5/c1-16(2,13(18)19)14(20)22-15(21-3)17-7-10-4-11(8-17)6-12(5-10)9-17/h10-12,15H,4-9H2,1-3H3,(H,18,19). The van der Waals surface area contributed by atoms with Gasteiger partial charge in [0, 0.05) is 12.5 Å². The van der Waals surface area contributed by atoms with E-state index in [2.05, 4.69) is 0 Å². The number of carbonyl (C=O) groups is 2. The monoisotopic (exact) mass is 310 g/mol. The SMILES string of the molecule is COC(OC(=O)C(C)(C)C(=O)O)C12CC3CC(CC(C3)C1)C2. The van der Waals surface area contributed by atoms with Crippen LogP contribution in [0, 0.1) is 28.6 Å². The van der Waals surface area contributed by atoms with E-state index in [4.69, 9.17) is 9.47 Å². The van der Waals surface area contributed by atoms with Crippen LogP contribution in [0.2, 0.25) is 0 Å². The Balaban J connectivity index is 1.77. The summed E-state index contributed by atoms with van der Waals surface area (Å²) in [6.45, 7) is 2.76. The predicted molar refractivity (Wildman–Crippen MR) is 78.9 cm³/mol. The molecule has 5 nitrogen and oxygen atoms in total. The third-order valence-corrected chi connectivity index (χ3v) is 6.06. The van der Waals surface area contributed by atoms with Gasteiger partial charge >= 0.3 is 11.9 Å². The topological polar surface area (TPSA) is 72.8 Å². The van der Waals surface area contributed by atoms with E-state index >= 15 is 0 Å². The van der Waals surface area contributed by atoms with Gasteiger partial charge in [-0.3, -0.25) is 9.59 Å². The lowest BCUT2D eigenvalue weighted by atomic mass is 9.49. The molecule has 1 atom stereocenters. The molecule has 0 aromatic heterocycles. The van der Waals surface area contributed by atoms with E-state index in [1.807, 2.05) is 0 Å². The van der Waals surface area contributed by atoms with Crippen molar-refractivity contribution in [2.75, 3.05) is 7.11 Å². The Bertz CT molecular complexity index is 446. The molecule has 4 saturated carbocycles. The predicted octanol–water partition coefficient (Wildman–Crippen LogP) is 2.83. The van der Waals surface area contributed by atoms with Gasteiger partial charge in [0.1, 0.15) is 0 Å². The van der Waals surface area contributed by atoms with Crippen LogP contribution in [0.3, 0.4) is 0 Å². The minimum atomic E-state index is -1.54. The number of methoxy groups -OCH3 is 1. The van der Waals surface area contributed by atoms with Gasteiger partial charge in [-0.05, 0) is 70.1 Å². The summed E-state index contributed by atoms with van der Waals surface area (Å²) in [6.07, 6.45) is 6.39. The molecule has 124 valence electrons. The van der Waals surface area contributed by atoms with Crippen molar-refractivity contribution in [2.45, 2.75) is 58.7 Å². The van der Waals surface area contributed by atoms with Gasteiger partial charge in [-0.1, -0.05) is 0 Å². The minimum Gasteiger partial charge on any atom is -0.480 e. The lowest BCUT2D eigenvalue weighted by Gasteiger charge is -2.58. The summed E-state index contributed by atoms with van der Waals surface area (Å²) in [5, 5.41) is 9.19. The highest BCUT2D eigenvalue weighted by atomic mass is 16.7. The molecule has 4 fully saturated rings. The Morgan fingerprint density at radius 3 is 1.91 bits per heavy atom. The molecule has 0 aromatic carbocycles. The second kappa shape index (κ2) is 5.22. The summed E-state index contributed by atoms with van der Waals surface area (Å²) >= 11 is 0. The van der Waals surface area contributed by atoms with Crippen molar-refractivity contribution in [1.82, 2.24) is 0 Å². The summed E-state index contributed by atoms with van der Waals surface area (Å²) in [6, 6.07) is 0. The first-order chi connectivity index (χ1) is 10.3. The van der Waals surface area contributed by atoms with Gasteiger partial charge in [0.05, 0.1) is 0 Å². The Morgan fingerprint density at radius 1 is 1.09 bits per heavy atom. The third kappa shape index (κ3) is 2.43. The molecule has 1 unspecified atom stereocenters. The fraction of sp³-hybridized carbons (Fsp3) is 0.882. The summed E-state index contributed by atoms with van der Waals surface area (Å²) in [5.74, 6) is 0.278. The molecule has 4 bridgehead atoms. The number of carboxylic acid groups (broad SMARTS) is 1. The number of carbonyl (C=O) groups excluding carboxylic acids is 1. The van der Waals surface area contributed by atoms with Crippen molar-refractivity contribution in [3.63, 3.8) is 0 Å². The fourth-order valence-corrected chi connectivity index (χ4v) is 5.22. The van der Waals surface area contributed by atoms with Crippen LogP contribution in [0.4, 0.5) is 0 Å². The van der Waals surface area contributed by atoms with E-state index in [9.17, 15) is 14.7 Å². The van der Waals surface area contributed by atoms with Crippen LogP contribution in [-0.2, 0) is 19.1 Å². The highest BCUT2D eigenvalue weighted by Gasteiger charge is 2.56. The van der Waals surface area contributed by atoms with Gasteiger partial charge in [0.15, 0.2) is 5.41 Å². The second-order valence-electron chi connectivity index (χ2n) is 8.18. The summed E-state index contributed by atoms with van der Waals surface area (Å²) in [7, 11) is 1.56. The molecule has 1 N–H and O–H groups in total. The Morgan fingerprint density at radius 2 is 1.55 bits per heavy atom. The lowest BCUT2D eigenvalue weighted by molar-refractivity contribution is -0.241. The molecule has 0 aliphatic heterocycles. The molecule has 22 heavy (non-hydrogen) atoms. The van der Waals surface area contributed by atoms with Crippen molar-refractivity contribution in [3.05, 3.63) is 0 Å². The maximum absolute atomic E-state index is 12.3. The maximum atomic E-state index is 12.3. The normalized spacial score (nSPS) is 37.9. The molecule has 0 spiro atoms. The number of rotatable bonds is 5. The van der Waals surface area contributed by atoms with Crippen LogP contribution in [0.15, 0.2) is 0 Å². The highest BCUT2D eigenvalue weighted by Crippen LogP contribution is 2.61. The third-order valence-electron chi connectivity index (χ3n) is 6.06. The highest BCUT2D eigenvalue weighted by molar-refractivity contribution is 5.98. The van der Waals surface area contributed by atoms with Crippen molar-refractivity contribution >= 4 is 11.9 Å². The molecule has 0 aromatic rings. The van der Waals surface area contributed by atoms with E-state index in [0.717, 1.165) is 37.0 Å². The molecule has 0 saturated heterocycles. The summed E-state index contributed by atoms with van der Waals surface area (Å²) in [4.78, 5) is 23.5. The van der Waals surface area contributed by atoms with Gasteiger partial charge in [0.25, 0.3) is 0 Å². The average molecular weight is 310 g/mol. The minimum absolute atomic E-state index is 0.103. The van der Waals surface area contributed by atoms with E-state index in [-0.39, 0.29) is 5.41 Å². The number of ether oxygens (including phenoxy) is 2. The zero-order valence-corrected chi connectivity index (χ0v) is 13.6. The number of hydrogen-bond donors (Lipinski definition) is 1. The number of hydrogen-bond acceptors (Lipinski definition) is 4. The van der Waals surface area contributed by atoms with Crippen molar-refractivity contribution in [3.8, 4) is 0 Å². The van der Waals surface area contributed by atoms with E-state index in [1.165, 1.54) is 33.1 Å². The number of esters is 1. The van der Waals surface area contributed by atoms with Gasteiger partial charge < -0.3 is 14.6 Å². The quantitative estimate of drug-likeness (QED) is 0.480. The zero-order chi connectivity index (χ0) is 16.1. The molecule has 5 heteroatoms. The molecule has 4 aliphatic rings. The van der Waals surface area contributed by atoms with Crippen molar-refractivity contribution in [2.24, 2.45) is 28.6 Å². The van der Waals surface area contributed by atoms with E-state index in [0.29, 0.717) is 0 Å². The van der Waals surface area contributed by atoms with Gasteiger partial charge in [0.2, 0.25) is 6.29 Å². The summed E-state index contributed by atoms with van der Waals surface area (Å²) in [5.41, 5.74) is -1.65. The first-order valence-corrected chi connectivity index (χ1v) is 8.24. The number of carboxylic acids is 1. The summed E-state index contributed by atoms with van der Waals surface area (Å²) < 4.78 is 11.1. The first-order valence-electron chi connectivity index (χ1n) is 8.24. The average Bonchev–Trinajstić information content (AvgIpc) is 2.42. The van der Waals surface area contributed by atoms with E-state index in [1.54, 1.807) is 7.11 Å². The van der Waals surface area contributed by atoms with Crippen LogP contribution >= 0.6 is 0 Å². The molecular weight excluding hydrogens is 284 g/mol. The van der Waals surface area contributed by atoms with Crippen LogP contribution in [0.5, 0.6) is 0 Å². The molecule has 0 radical (unpaired) electrons. The van der Waals surface area contributed by atoms with Crippen molar-refractivity contribution < 1.29 is 24.2 Å². The largest absolute Gasteiger partial charge is 0.480 e. The maximum Gasteiger partial charge on any atom is 0.325 e. The Labute approximate surface area is 131 Å². The van der Waals surface area contributed by atoms with Crippen LogP contribution < -0.4 is 0 Å². The molecular formula is C17H26O5. The van der Waals surface area contributed by atoms with Crippen LogP contribution in [-0.4, -0.2) is 30.4 Å². The van der Waals surface area contributed by atoms with Crippen LogP contribution in [0.1, 0.15) is 52.4 Å². The molecule has 4 aliphatic carbocycles. The van der Waals surface area contributed by atoms with Gasteiger partial charge in [-0.15, -0.1) is 0 Å². The fourth-order valence-electron chi connectivity index (χ4n) is 5.22. The molecule has 4 rings (SSSR count). The van der Waals surface area contributed by atoms with Gasteiger partial charge in [-0.25, -0.2) is 0 Å². The second-order valence-corrected chi connectivity index (χ2v) is 8.18. The first kappa shape index (κ1) is 15.8. The molecule has 0 heterocycles. The van der Waals surface area contributed by atoms with Crippen molar-refractivity contribution in [1.29, 1.82) is 0 Å². The van der Waals surface area contributed by atoms with Crippen LogP contribution in [0.25, 0.3) is 0 Å². The van der Waals surface area contributed by atoms with E-state index < -0.39 is 23.6 Å².